The highest BCUT2D eigenvalue weighted by atomic mass is 16.5. The molecule has 0 spiro atoms. The van der Waals surface area contributed by atoms with E-state index in [4.69, 9.17) is 9.47 Å². The quantitative estimate of drug-likeness (QED) is 0.517. The Bertz CT molecular complexity index is 1080. The molecule has 34 heavy (non-hydrogen) atoms. The van der Waals surface area contributed by atoms with Crippen LogP contribution < -0.4 is 15.0 Å². The highest BCUT2D eigenvalue weighted by molar-refractivity contribution is 6.06. The average Bonchev–Trinajstić information content (AvgIpc) is 3.41. The standard InChI is InChI=1S/C28H30N2O4/c1-33-25-15-11-22(12-16-25)20-30(28(32)23-6-3-2-4-7-23)24-13-9-21(10-14-24)18-27(31)29-19-26-8-5-17-34-26/h2-4,6-7,9-16,26H,5,8,17-20H2,1H3,(H,29,31)/t26-/m0/s1. The molecule has 3 aromatic carbocycles. The number of benzene rings is 3. The minimum atomic E-state index is -0.0847. The van der Waals surface area contributed by atoms with E-state index in [9.17, 15) is 9.59 Å². The summed E-state index contributed by atoms with van der Waals surface area (Å²) in [5.41, 5.74) is 3.27. The van der Waals surface area contributed by atoms with Gasteiger partial charge in [0.1, 0.15) is 5.75 Å². The SMILES string of the molecule is COc1ccc(CN(C(=O)c2ccccc2)c2ccc(CC(=O)NC[C@@H]3CCCO3)cc2)cc1. The van der Waals surface area contributed by atoms with Crippen LogP contribution in [-0.2, 0) is 22.5 Å². The molecule has 0 saturated carbocycles. The van der Waals surface area contributed by atoms with Gasteiger partial charge < -0.3 is 19.7 Å². The molecular weight excluding hydrogens is 428 g/mol. The zero-order valence-corrected chi connectivity index (χ0v) is 19.4. The van der Waals surface area contributed by atoms with Gasteiger partial charge in [-0.15, -0.1) is 0 Å². The van der Waals surface area contributed by atoms with Crippen LogP contribution in [0.1, 0.15) is 34.3 Å². The second-order valence-corrected chi connectivity index (χ2v) is 8.39. The highest BCUT2D eigenvalue weighted by Gasteiger charge is 2.19. The Balaban J connectivity index is 1.47. The number of carbonyl (C=O) groups excluding carboxylic acids is 2. The van der Waals surface area contributed by atoms with Crippen LogP contribution in [0.5, 0.6) is 5.75 Å². The molecule has 1 fully saturated rings. The summed E-state index contributed by atoms with van der Waals surface area (Å²) >= 11 is 0. The van der Waals surface area contributed by atoms with Gasteiger partial charge in [-0.05, 0) is 60.4 Å². The van der Waals surface area contributed by atoms with Crippen molar-refractivity contribution in [3.8, 4) is 5.75 Å². The number of ether oxygens (including phenoxy) is 2. The first-order chi connectivity index (χ1) is 16.6. The summed E-state index contributed by atoms with van der Waals surface area (Å²) in [7, 11) is 1.63. The Morgan fingerprint density at radius 1 is 0.971 bits per heavy atom. The van der Waals surface area contributed by atoms with Crippen LogP contribution in [0.3, 0.4) is 0 Å². The van der Waals surface area contributed by atoms with E-state index in [1.165, 1.54) is 0 Å². The number of carbonyl (C=O) groups is 2. The molecular formula is C28H30N2O4. The lowest BCUT2D eigenvalue weighted by Crippen LogP contribution is -2.32. The first-order valence-electron chi connectivity index (χ1n) is 11.6. The number of rotatable bonds is 9. The van der Waals surface area contributed by atoms with Crippen molar-refractivity contribution in [3.05, 3.63) is 95.6 Å². The molecule has 1 atom stereocenters. The molecule has 1 heterocycles. The third-order valence-corrected chi connectivity index (χ3v) is 5.93. The van der Waals surface area contributed by atoms with Crippen molar-refractivity contribution < 1.29 is 19.1 Å². The fourth-order valence-corrected chi connectivity index (χ4v) is 4.01. The van der Waals surface area contributed by atoms with Gasteiger partial charge in [-0.3, -0.25) is 9.59 Å². The number of methoxy groups -OCH3 is 1. The molecule has 0 bridgehead atoms. The first-order valence-corrected chi connectivity index (χ1v) is 11.6. The molecule has 0 radical (unpaired) electrons. The van der Waals surface area contributed by atoms with E-state index >= 15 is 0 Å². The summed E-state index contributed by atoms with van der Waals surface area (Å²) < 4.78 is 10.8. The zero-order valence-electron chi connectivity index (χ0n) is 19.4. The van der Waals surface area contributed by atoms with Crippen molar-refractivity contribution in [1.82, 2.24) is 5.32 Å². The van der Waals surface area contributed by atoms with E-state index < -0.39 is 0 Å². The minimum Gasteiger partial charge on any atom is -0.497 e. The monoisotopic (exact) mass is 458 g/mol. The largest absolute Gasteiger partial charge is 0.497 e. The topological polar surface area (TPSA) is 67.9 Å². The van der Waals surface area contributed by atoms with Crippen molar-refractivity contribution in [2.75, 3.05) is 25.2 Å². The maximum atomic E-state index is 13.4. The van der Waals surface area contributed by atoms with Crippen LogP contribution in [0.4, 0.5) is 5.69 Å². The van der Waals surface area contributed by atoms with Gasteiger partial charge >= 0.3 is 0 Å². The molecule has 1 aliphatic heterocycles. The van der Waals surface area contributed by atoms with Gasteiger partial charge in [-0.2, -0.15) is 0 Å². The maximum absolute atomic E-state index is 13.4. The molecule has 6 nitrogen and oxygen atoms in total. The van der Waals surface area contributed by atoms with E-state index in [-0.39, 0.29) is 24.3 Å². The third-order valence-electron chi connectivity index (χ3n) is 5.93. The number of nitrogens with zero attached hydrogens (tertiary/aromatic N) is 1. The van der Waals surface area contributed by atoms with E-state index in [0.29, 0.717) is 18.7 Å². The van der Waals surface area contributed by atoms with Crippen molar-refractivity contribution in [2.45, 2.75) is 31.9 Å². The Morgan fingerprint density at radius 2 is 1.68 bits per heavy atom. The van der Waals surface area contributed by atoms with Crippen molar-refractivity contribution in [2.24, 2.45) is 0 Å². The Morgan fingerprint density at radius 3 is 2.32 bits per heavy atom. The normalized spacial score (nSPS) is 15.0. The second kappa shape index (κ2) is 11.5. The van der Waals surface area contributed by atoms with Crippen molar-refractivity contribution in [3.63, 3.8) is 0 Å². The van der Waals surface area contributed by atoms with Gasteiger partial charge in [-0.1, -0.05) is 42.5 Å². The van der Waals surface area contributed by atoms with Crippen LogP contribution in [-0.4, -0.2) is 38.2 Å². The fraction of sp³-hybridized carbons (Fsp3) is 0.286. The van der Waals surface area contributed by atoms with Crippen LogP contribution in [0, 0.1) is 0 Å². The maximum Gasteiger partial charge on any atom is 0.258 e. The molecule has 176 valence electrons. The number of nitrogens with one attached hydrogen (secondary N) is 1. The van der Waals surface area contributed by atoms with E-state index in [2.05, 4.69) is 5.32 Å². The molecule has 0 aromatic heterocycles. The van der Waals surface area contributed by atoms with E-state index in [1.807, 2.05) is 78.9 Å². The predicted molar refractivity (Wildman–Crippen MR) is 132 cm³/mol. The predicted octanol–water partition coefficient (Wildman–Crippen LogP) is 4.38. The molecule has 0 unspecified atom stereocenters. The van der Waals surface area contributed by atoms with Gasteiger partial charge in [0.15, 0.2) is 0 Å². The second-order valence-electron chi connectivity index (χ2n) is 8.39. The number of hydrogen-bond acceptors (Lipinski definition) is 4. The lowest BCUT2D eigenvalue weighted by molar-refractivity contribution is -0.120. The van der Waals surface area contributed by atoms with Gasteiger partial charge in [0, 0.05) is 24.4 Å². The number of anilines is 1. The van der Waals surface area contributed by atoms with Crippen LogP contribution >= 0.6 is 0 Å². The van der Waals surface area contributed by atoms with Crippen LogP contribution in [0.2, 0.25) is 0 Å². The molecule has 6 heteroatoms. The lowest BCUT2D eigenvalue weighted by atomic mass is 10.1. The minimum absolute atomic E-state index is 0.0290. The van der Waals surface area contributed by atoms with Gasteiger partial charge in [-0.25, -0.2) is 0 Å². The Kier molecular flexibility index (Phi) is 7.94. The fourth-order valence-electron chi connectivity index (χ4n) is 4.01. The van der Waals surface area contributed by atoms with Gasteiger partial charge in [0.25, 0.3) is 5.91 Å². The Hall–Kier alpha value is -3.64. The van der Waals surface area contributed by atoms with Crippen molar-refractivity contribution in [1.29, 1.82) is 0 Å². The zero-order chi connectivity index (χ0) is 23.8. The summed E-state index contributed by atoms with van der Waals surface area (Å²) in [4.78, 5) is 27.5. The highest BCUT2D eigenvalue weighted by Crippen LogP contribution is 2.22. The van der Waals surface area contributed by atoms with Crippen LogP contribution in [0.25, 0.3) is 0 Å². The van der Waals surface area contributed by atoms with Gasteiger partial charge in [0.2, 0.25) is 5.91 Å². The molecule has 3 aromatic rings. The smallest absolute Gasteiger partial charge is 0.258 e. The van der Waals surface area contributed by atoms with Crippen molar-refractivity contribution >= 4 is 17.5 Å². The molecule has 1 saturated heterocycles. The van der Waals surface area contributed by atoms with E-state index in [1.54, 1.807) is 12.0 Å². The number of hydrogen-bond donors (Lipinski definition) is 1. The summed E-state index contributed by atoms with van der Waals surface area (Å²) in [6.07, 6.45) is 2.46. The molecule has 2 amide bonds. The molecule has 1 aliphatic rings. The number of amides is 2. The summed E-state index contributed by atoms with van der Waals surface area (Å²) in [5.74, 6) is 0.656. The molecule has 0 aliphatic carbocycles. The summed E-state index contributed by atoms with van der Waals surface area (Å²) in [6, 6.07) is 24.5. The summed E-state index contributed by atoms with van der Waals surface area (Å²) in [6.45, 7) is 1.74. The van der Waals surface area contributed by atoms with Crippen LogP contribution in [0.15, 0.2) is 78.9 Å². The molecule has 1 N–H and O–H groups in total. The lowest BCUT2D eigenvalue weighted by Gasteiger charge is -2.24. The van der Waals surface area contributed by atoms with Gasteiger partial charge in [0.05, 0.1) is 26.2 Å². The molecule has 4 rings (SSSR count). The Labute approximate surface area is 200 Å². The van der Waals surface area contributed by atoms with E-state index in [0.717, 1.165) is 42.0 Å². The first kappa shape index (κ1) is 23.5. The average molecular weight is 459 g/mol. The summed E-state index contributed by atoms with van der Waals surface area (Å²) in [5, 5.41) is 2.95. The third kappa shape index (κ3) is 6.23.